The monoisotopic (exact) mass is 550 g/mol. The fraction of sp³-hybridized carbons (Fsp3) is 0.267. The van der Waals surface area contributed by atoms with Gasteiger partial charge in [-0.2, -0.15) is 5.10 Å². The summed E-state index contributed by atoms with van der Waals surface area (Å²) in [4.78, 5) is 32.1. The Morgan fingerprint density at radius 1 is 1.10 bits per heavy atom. The maximum Gasteiger partial charge on any atom is 0.245 e. The molecule has 0 radical (unpaired) electrons. The number of nitrogens with zero attached hydrogens (tertiary/aromatic N) is 7. The van der Waals surface area contributed by atoms with Crippen LogP contribution in [0.4, 0.5) is 15.9 Å². The minimum Gasteiger partial charge on any atom is -0.457 e. The number of rotatable bonds is 6. The summed E-state index contributed by atoms with van der Waals surface area (Å²) in [6, 6.07) is 10.5. The molecule has 1 saturated heterocycles. The van der Waals surface area contributed by atoms with Gasteiger partial charge in [0.1, 0.15) is 35.5 Å². The van der Waals surface area contributed by atoms with Crippen LogP contribution >= 0.6 is 0 Å². The molecule has 3 atom stereocenters. The number of fused-ring (bicyclic) bond motifs is 4. The highest BCUT2D eigenvalue weighted by Crippen LogP contribution is 2.48. The van der Waals surface area contributed by atoms with Crippen LogP contribution in [-0.4, -0.2) is 53.4 Å². The van der Waals surface area contributed by atoms with Crippen molar-refractivity contribution in [3.05, 3.63) is 85.0 Å². The highest BCUT2D eigenvalue weighted by atomic mass is 19.1. The van der Waals surface area contributed by atoms with E-state index in [1.807, 2.05) is 24.0 Å². The van der Waals surface area contributed by atoms with E-state index in [2.05, 4.69) is 31.9 Å². The zero-order valence-electron chi connectivity index (χ0n) is 22.4. The van der Waals surface area contributed by atoms with Gasteiger partial charge in [0, 0.05) is 43.0 Å². The first-order valence-electron chi connectivity index (χ1n) is 13.5. The molecule has 206 valence electrons. The summed E-state index contributed by atoms with van der Waals surface area (Å²) in [5, 5.41) is 7.21. The Balaban J connectivity index is 1.16. The molecule has 2 fully saturated rings. The van der Waals surface area contributed by atoms with E-state index in [4.69, 9.17) is 9.72 Å². The number of ether oxygens (including phenoxy) is 1. The lowest BCUT2D eigenvalue weighted by Gasteiger charge is -2.37. The first-order chi connectivity index (χ1) is 20.0. The number of carbonyl (C=O) groups is 1. The van der Waals surface area contributed by atoms with Crippen molar-refractivity contribution >= 4 is 34.1 Å². The van der Waals surface area contributed by atoms with Crippen molar-refractivity contribution in [2.75, 3.05) is 18.4 Å². The zero-order chi connectivity index (χ0) is 28.1. The van der Waals surface area contributed by atoms with Gasteiger partial charge >= 0.3 is 0 Å². The summed E-state index contributed by atoms with van der Waals surface area (Å²) in [6.07, 6.45) is 8.13. The Kier molecular flexibility index (Phi) is 6.06. The number of benzene rings is 1. The number of amides is 1. The van der Waals surface area contributed by atoms with E-state index in [1.165, 1.54) is 24.8 Å². The lowest BCUT2D eigenvalue weighted by atomic mass is 9.82. The Labute approximate surface area is 234 Å². The third-order valence-corrected chi connectivity index (χ3v) is 8.16. The van der Waals surface area contributed by atoms with Gasteiger partial charge in [0.15, 0.2) is 11.5 Å². The molecule has 7 rings (SSSR count). The van der Waals surface area contributed by atoms with Crippen molar-refractivity contribution in [2.45, 2.75) is 25.7 Å². The summed E-state index contributed by atoms with van der Waals surface area (Å²) in [7, 11) is 0. The molecule has 1 aliphatic heterocycles. The van der Waals surface area contributed by atoms with Crippen molar-refractivity contribution in [3.63, 3.8) is 0 Å². The van der Waals surface area contributed by atoms with Crippen LogP contribution in [0.15, 0.2) is 67.9 Å². The molecule has 0 spiro atoms. The number of likely N-dealkylation sites (tertiary alicyclic amines) is 1. The lowest BCUT2D eigenvalue weighted by Crippen LogP contribution is -2.43. The Morgan fingerprint density at radius 3 is 2.73 bits per heavy atom. The second kappa shape index (κ2) is 9.92. The Morgan fingerprint density at radius 2 is 1.93 bits per heavy atom. The number of hydrogen-bond donors (Lipinski definition) is 1. The molecule has 5 heterocycles. The normalized spacial score (nSPS) is 20.0. The molecular weight excluding hydrogens is 523 g/mol. The van der Waals surface area contributed by atoms with E-state index in [1.54, 1.807) is 28.9 Å². The van der Waals surface area contributed by atoms with E-state index < -0.39 is 5.82 Å². The van der Waals surface area contributed by atoms with Crippen molar-refractivity contribution in [1.82, 2.24) is 34.4 Å². The van der Waals surface area contributed by atoms with Gasteiger partial charge in [-0.25, -0.2) is 28.8 Å². The molecule has 41 heavy (non-hydrogen) atoms. The smallest absolute Gasteiger partial charge is 0.245 e. The van der Waals surface area contributed by atoms with Gasteiger partial charge in [0.2, 0.25) is 5.91 Å². The third kappa shape index (κ3) is 4.52. The predicted octanol–water partition coefficient (Wildman–Crippen LogP) is 5.19. The Hall–Kier alpha value is -4.93. The van der Waals surface area contributed by atoms with Gasteiger partial charge in [-0.05, 0) is 67.5 Å². The Bertz CT molecular complexity index is 1810. The second-order valence-electron chi connectivity index (χ2n) is 10.6. The van der Waals surface area contributed by atoms with Crippen LogP contribution in [0.2, 0.25) is 0 Å². The first-order valence-corrected chi connectivity index (χ1v) is 13.5. The SMILES string of the molecule is C=CC(=O)N1C[C@H]2CC[C@@H](C1)[C@@H]2c1ccc2ncnc(Nc3cc(C)c(Oc4ccn5ncnc5c4)cc3F)c2n1. The molecule has 1 aromatic carbocycles. The molecule has 2 aliphatic rings. The standard InChI is InChI=1S/C30H27FN8O2/c1-3-27(40)38-13-18-4-5-19(14-38)28(18)22-6-7-23-29(36-22)30(34-15-32-23)37-24-10-17(2)25(12-21(24)31)41-20-8-9-39-26(11-20)33-16-35-39/h3,6-12,15-16,18-19,28H,1,4-5,13-14H2,2H3,(H,32,34,37)/t18-,19+,28-. The van der Waals surface area contributed by atoms with Crippen LogP contribution in [0.1, 0.15) is 30.0 Å². The molecule has 2 bridgehead atoms. The molecule has 10 nitrogen and oxygen atoms in total. The minimum absolute atomic E-state index is 0.0168. The van der Waals surface area contributed by atoms with Crippen LogP contribution in [0, 0.1) is 24.6 Å². The van der Waals surface area contributed by atoms with E-state index >= 15 is 4.39 Å². The minimum atomic E-state index is -0.491. The second-order valence-corrected chi connectivity index (χ2v) is 10.6. The van der Waals surface area contributed by atoms with Crippen LogP contribution in [0.3, 0.4) is 0 Å². The van der Waals surface area contributed by atoms with Crippen molar-refractivity contribution < 1.29 is 13.9 Å². The largest absolute Gasteiger partial charge is 0.457 e. The van der Waals surface area contributed by atoms with E-state index in [9.17, 15) is 4.79 Å². The molecule has 0 unspecified atom stereocenters. The number of halogens is 1. The van der Waals surface area contributed by atoms with Gasteiger partial charge < -0.3 is 15.0 Å². The lowest BCUT2D eigenvalue weighted by molar-refractivity contribution is -0.128. The molecule has 5 aromatic rings. The molecule has 1 aliphatic carbocycles. The summed E-state index contributed by atoms with van der Waals surface area (Å²) in [6.45, 7) is 6.90. The molecule has 4 aromatic heterocycles. The van der Waals surface area contributed by atoms with Crippen LogP contribution < -0.4 is 10.1 Å². The topological polar surface area (TPSA) is 110 Å². The van der Waals surface area contributed by atoms with Gasteiger partial charge in [-0.3, -0.25) is 4.79 Å². The third-order valence-electron chi connectivity index (χ3n) is 8.16. The number of piperidine rings is 1. The van der Waals surface area contributed by atoms with Crippen molar-refractivity contribution in [1.29, 1.82) is 0 Å². The molecule has 1 amide bonds. The van der Waals surface area contributed by atoms with Crippen molar-refractivity contribution in [2.24, 2.45) is 11.8 Å². The highest BCUT2D eigenvalue weighted by molar-refractivity contribution is 5.88. The molecular formula is C30H27FN8O2. The number of anilines is 2. The summed E-state index contributed by atoms with van der Waals surface area (Å²) < 4.78 is 22.9. The van der Waals surface area contributed by atoms with E-state index in [0.29, 0.717) is 58.9 Å². The number of aryl methyl sites for hydroxylation is 1. The fourth-order valence-electron chi connectivity index (χ4n) is 6.23. The predicted molar refractivity (Wildman–Crippen MR) is 151 cm³/mol. The van der Waals surface area contributed by atoms with Crippen LogP contribution in [0.5, 0.6) is 11.5 Å². The highest BCUT2D eigenvalue weighted by Gasteiger charge is 2.44. The number of carbonyl (C=O) groups excluding carboxylic acids is 1. The van der Waals surface area contributed by atoms with Crippen LogP contribution in [0.25, 0.3) is 16.7 Å². The zero-order valence-corrected chi connectivity index (χ0v) is 22.4. The fourth-order valence-corrected chi connectivity index (χ4v) is 6.23. The number of hydrogen-bond acceptors (Lipinski definition) is 8. The average molecular weight is 551 g/mol. The van der Waals surface area contributed by atoms with Gasteiger partial charge in [0.25, 0.3) is 0 Å². The van der Waals surface area contributed by atoms with E-state index in [-0.39, 0.29) is 17.5 Å². The van der Waals surface area contributed by atoms with E-state index in [0.717, 1.165) is 24.1 Å². The van der Waals surface area contributed by atoms with Gasteiger partial charge in [0.05, 0.1) is 11.2 Å². The summed E-state index contributed by atoms with van der Waals surface area (Å²) >= 11 is 0. The maximum absolute atomic E-state index is 15.4. The molecule has 11 heteroatoms. The van der Waals surface area contributed by atoms with Gasteiger partial charge in [-0.15, -0.1) is 0 Å². The molecule has 1 saturated carbocycles. The maximum atomic E-state index is 15.4. The first kappa shape index (κ1) is 25.1. The average Bonchev–Trinajstić information content (AvgIpc) is 3.55. The number of aromatic nitrogens is 6. The van der Waals surface area contributed by atoms with Gasteiger partial charge in [-0.1, -0.05) is 6.58 Å². The summed E-state index contributed by atoms with van der Waals surface area (Å²) in [5.74, 6) is 1.75. The summed E-state index contributed by atoms with van der Waals surface area (Å²) in [5.41, 5.74) is 3.82. The molecule has 1 N–H and O–H groups in total. The van der Waals surface area contributed by atoms with Crippen molar-refractivity contribution in [3.8, 4) is 11.5 Å². The van der Waals surface area contributed by atoms with Crippen LogP contribution in [-0.2, 0) is 4.79 Å². The number of nitrogens with one attached hydrogen (secondary N) is 1. The number of pyridine rings is 2. The quantitative estimate of drug-likeness (QED) is 0.288.